The summed E-state index contributed by atoms with van der Waals surface area (Å²) in [4.78, 5) is 0. The molecule has 0 nitrogen and oxygen atoms in total. The summed E-state index contributed by atoms with van der Waals surface area (Å²) < 4.78 is 0. The van der Waals surface area contributed by atoms with Crippen LogP contribution in [0.15, 0.2) is 0 Å². The average molecular weight is 137 g/mol. The first-order chi connectivity index (χ1) is 4.79. The maximum atomic E-state index is 4.35. The van der Waals surface area contributed by atoms with Gasteiger partial charge in [0.2, 0.25) is 0 Å². The quantitative estimate of drug-likeness (QED) is 0.481. The van der Waals surface area contributed by atoms with Crippen LogP contribution in [0, 0.1) is 18.3 Å². The van der Waals surface area contributed by atoms with Gasteiger partial charge in [-0.3, -0.25) is 0 Å². The third-order valence-electron chi connectivity index (χ3n) is 3.49. The molecule has 0 heteroatoms. The SMILES string of the molecule is [CH2]C12CCCC(CC1)CC2. The molecule has 10 heavy (non-hydrogen) atoms. The van der Waals surface area contributed by atoms with E-state index in [1.54, 1.807) is 0 Å². The number of hydrogen-bond acceptors (Lipinski definition) is 0. The van der Waals surface area contributed by atoms with Crippen molar-refractivity contribution in [1.29, 1.82) is 0 Å². The van der Waals surface area contributed by atoms with E-state index in [4.69, 9.17) is 0 Å². The van der Waals surface area contributed by atoms with E-state index in [-0.39, 0.29) is 0 Å². The Morgan fingerprint density at radius 2 is 1.70 bits per heavy atom. The van der Waals surface area contributed by atoms with Crippen LogP contribution in [0.2, 0.25) is 0 Å². The Morgan fingerprint density at radius 3 is 2.40 bits per heavy atom. The summed E-state index contributed by atoms with van der Waals surface area (Å²) in [7, 11) is 0. The van der Waals surface area contributed by atoms with Gasteiger partial charge in [-0.2, -0.15) is 0 Å². The molecule has 3 aliphatic rings. The molecule has 3 rings (SSSR count). The van der Waals surface area contributed by atoms with Crippen LogP contribution >= 0.6 is 0 Å². The first kappa shape index (κ1) is 6.69. The molecule has 0 aliphatic heterocycles. The zero-order valence-corrected chi connectivity index (χ0v) is 6.73. The summed E-state index contributed by atoms with van der Waals surface area (Å²) in [6.07, 6.45) is 10.1. The predicted molar refractivity (Wildman–Crippen MR) is 43.6 cm³/mol. The Morgan fingerprint density at radius 1 is 1.00 bits per heavy atom. The molecule has 0 aromatic rings. The number of fused-ring (bicyclic) bond motifs is 4. The molecule has 0 spiro atoms. The fraction of sp³-hybridized carbons (Fsp3) is 0.900. The van der Waals surface area contributed by atoms with Crippen molar-refractivity contribution in [3.63, 3.8) is 0 Å². The van der Waals surface area contributed by atoms with E-state index < -0.39 is 0 Å². The highest BCUT2D eigenvalue weighted by Crippen LogP contribution is 2.46. The summed E-state index contributed by atoms with van der Waals surface area (Å²) in [5.41, 5.74) is 0.521. The first-order valence-electron chi connectivity index (χ1n) is 4.64. The summed E-state index contributed by atoms with van der Waals surface area (Å²) in [6, 6.07) is 0. The van der Waals surface area contributed by atoms with Gasteiger partial charge in [-0.15, -0.1) is 0 Å². The minimum atomic E-state index is 0.521. The fourth-order valence-electron chi connectivity index (χ4n) is 2.59. The second-order valence-corrected chi connectivity index (χ2v) is 4.34. The van der Waals surface area contributed by atoms with Crippen LogP contribution in [0.3, 0.4) is 0 Å². The van der Waals surface area contributed by atoms with Crippen molar-refractivity contribution in [3.8, 4) is 0 Å². The Balaban J connectivity index is 2.11. The smallest absolute Gasteiger partial charge is 0.0297 e. The van der Waals surface area contributed by atoms with Gasteiger partial charge in [-0.25, -0.2) is 0 Å². The Bertz CT molecular complexity index is 112. The molecule has 0 aromatic carbocycles. The van der Waals surface area contributed by atoms with Crippen molar-refractivity contribution in [2.45, 2.75) is 44.9 Å². The lowest BCUT2D eigenvalue weighted by atomic mass is 9.73. The standard InChI is InChI=1S/C10H17/c1-10-6-2-3-9(4-7-10)5-8-10/h9H,1-8H2. The van der Waals surface area contributed by atoms with Crippen LogP contribution in [-0.2, 0) is 0 Å². The van der Waals surface area contributed by atoms with Crippen molar-refractivity contribution >= 4 is 0 Å². The maximum Gasteiger partial charge on any atom is -0.0297 e. The predicted octanol–water partition coefficient (Wildman–Crippen LogP) is 3.18. The summed E-state index contributed by atoms with van der Waals surface area (Å²) >= 11 is 0. The van der Waals surface area contributed by atoms with E-state index in [0.717, 1.165) is 5.92 Å². The summed E-state index contributed by atoms with van der Waals surface area (Å²) in [5, 5.41) is 0. The zero-order valence-electron chi connectivity index (χ0n) is 6.73. The van der Waals surface area contributed by atoms with E-state index in [1.165, 1.54) is 44.9 Å². The van der Waals surface area contributed by atoms with Crippen LogP contribution in [0.25, 0.3) is 0 Å². The van der Waals surface area contributed by atoms with E-state index in [9.17, 15) is 0 Å². The molecule has 0 heterocycles. The van der Waals surface area contributed by atoms with Gasteiger partial charge in [0.15, 0.2) is 0 Å². The van der Waals surface area contributed by atoms with E-state index in [2.05, 4.69) is 6.92 Å². The molecule has 1 radical (unpaired) electrons. The molecule has 3 aliphatic carbocycles. The molecular formula is C10H17. The molecule has 0 amide bonds. The highest BCUT2D eigenvalue weighted by atomic mass is 14.4. The van der Waals surface area contributed by atoms with Gasteiger partial charge in [0.05, 0.1) is 0 Å². The molecule has 0 aromatic heterocycles. The Hall–Kier alpha value is 0. The maximum absolute atomic E-state index is 4.35. The van der Waals surface area contributed by atoms with Crippen LogP contribution < -0.4 is 0 Å². The Kier molecular flexibility index (Phi) is 1.51. The van der Waals surface area contributed by atoms with Gasteiger partial charge >= 0.3 is 0 Å². The van der Waals surface area contributed by atoms with Gasteiger partial charge in [-0.05, 0) is 50.4 Å². The molecular weight excluding hydrogens is 120 g/mol. The molecule has 0 unspecified atom stereocenters. The van der Waals surface area contributed by atoms with Gasteiger partial charge in [0.25, 0.3) is 0 Å². The normalized spacial score (nSPS) is 47.1. The van der Waals surface area contributed by atoms with Crippen LogP contribution in [0.1, 0.15) is 44.9 Å². The summed E-state index contributed by atoms with van der Waals surface area (Å²) in [6.45, 7) is 4.35. The van der Waals surface area contributed by atoms with Crippen molar-refractivity contribution in [3.05, 3.63) is 6.92 Å². The van der Waals surface area contributed by atoms with Crippen molar-refractivity contribution in [2.24, 2.45) is 11.3 Å². The highest BCUT2D eigenvalue weighted by molar-refractivity contribution is 4.90. The minimum Gasteiger partial charge on any atom is -0.0525 e. The molecule has 3 saturated carbocycles. The van der Waals surface area contributed by atoms with E-state index in [1.807, 2.05) is 0 Å². The lowest BCUT2D eigenvalue weighted by Gasteiger charge is -2.32. The molecule has 0 atom stereocenters. The third kappa shape index (κ3) is 1.09. The molecule has 0 N–H and O–H groups in total. The Labute approximate surface area is 64.0 Å². The monoisotopic (exact) mass is 137 g/mol. The van der Waals surface area contributed by atoms with Gasteiger partial charge in [0, 0.05) is 0 Å². The van der Waals surface area contributed by atoms with Crippen LogP contribution in [0.4, 0.5) is 0 Å². The minimum absolute atomic E-state index is 0.521. The largest absolute Gasteiger partial charge is 0.0525 e. The van der Waals surface area contributed by atoms with Gasteiger partial charge < -0.3 is 0 Å². The van der Waals surface area contributed by atoms with Crippen LogP contribution in [0.5, 0.6) is 0 Å². The van der Waals surface area contributed by atoms with Crippen LogP contribution in [-0.4, -0.2) is 0 Å². The topological polar surface area (TPSA) is 0 Å². The number of hydrogen-bond donors (Lipinski definition) is 0. The zero-order chi connectivity index (χ0) is 7.03. The van der Waals surface area contributed by atoms with Gasteiger partial charge in [-0.1, -0.05) is 12.8 Å². The highest BCUT2D eigenvalue weighted by Gasteiger charge is 2.33. The van der Waals surface area contributed by atoms with E-state index >= 15 is 0 Å². The first-order valence-corrected chi connectivity index (χ1v) is 4.64. The fourth-order valence-corrected chi connectivity index (χ4v) is 2.59. The van der Waals surface area contributed by atoms with E-state index in [0.29, 0.717) is 5.41 Å². The lowest BCUT2D eigenvalue weighted by Crippen LogP contribution is -2.20. The third-order valence-corrected chi connectivity index (χ3v) is 3.49. The van der Waals surface area contributed by atoms with Crippen molar-refractivity contribution in [1.82, 2.24) is 0 Å². The lowest BCUT2D eigenvalue weighted by molar-refractivity contribution is 0.226. The second-order valence-electron chi connectivity index (χ2n) is 4.34. The summed E-state index contributed by atoms with van der Waals surface area (Å²) in [5.74, 6) is 1.08. The van der Waals surface area contributed by atoms with Crippen molar-refractivity contribution < 1.29 is 0 Å². The van der Waals surface area contributed by atoms with Gasteiger partial charge in [0.1, 0.15) is 0 Å². The molecule has 57 valence electrons. The van der Waals surface area contributed by atoms with Crippen molar-refractivity contribution in [2.75, 3.05) is 0 Å². The molecule has 0 saturated heterocycles. The second kappa shape index (κ2) is 2.25. The number of rotatable bonds is 0. The average Bonchev–Trinajstić information content (AvgIpc) is 2.19. The molecule has 3 fully saturated rings. The molecule has 2 bridgehead atoms.